The number of nitrogens with zero attached hydrogens (tertiary/aromatic N) is 2. The molecule has 0 N–H and O–H groups in total. The summed E-state index contributed by atoms with van der Waals surface area (Å²) < 4.78 is 28.2. The van der Waals surface area contributed by atoms with Crippen molar-refractivity contribution in [2.45, 2.75) is 21.8 Å². The van der Waals surface area contributed by atoms with Gasteiger partial charge in [0, 0.05) is 98.8 Å². The van der Waals surface area contributed by atoms with E-state index in [1.54, 1.807) is 11.8 Å². The zero-order valence-corrected chi connectivity index (χ0v) is 36.4. The molecule has 0 saturated heterocycles. The predicted octanol–water partition coefficient (Wildman–Crippen LogP) is 17.3. The molecule has 0 spiro atoms. The van der Waals surface area contributed by atoms with Gasteiger partial charge in [-0.3, -0.25) is 0 Å². The molecule has 0 bridgehead atoms. The molecule has 1 aliphatic carbocycles. The molecule has 7 heteroatoms. The van der Waals surface area contributed by atoms with E-state index in [0.717, 1.165) is 109 Å². The summed E-state index contributed by atoms with van der Waals surface area (Å²) in [4.78, 5) is 4.72. The van der Waals surface area contributed by atoms with Gasteiger partial charge in [0.2, 0.25) is 0 Å². The molecule has 5 aromatic heterocycles. The first-order valence-corrected chi connectivity index (χ1v) is 23.5. The number of hydrogen-bond acceptors (Lipinski definition) is 6. The summed E-state index contributed by atoms with van der Waals surface area (Å²) in [6.45, 7) is 0. The number of benzene rings is 9. The van der Waals surface area contributed by atoms with E-state index in [4.69, 9.17) is 17.7 Å². The van der Waals surface area contributed by atoms with Gasteiger partial charge in [0.1, 0.15) is 44.7 Å². The van der Waals surface area contributed by atoms with Crippen LogP contribution in [0.5, 0.6) is 0 Å². The molecule has 2 aliphatic rings. The molecule has 67 heavy (non-hydrogen) atoms. The molecule has 6 heterocycles. The third-order valence-electron chi connectivity index (χ3n) is 14.3. The third-order valence-corrected chi connectivity index (χ3v) is 15.3. The van der Waals surface area contributed by atoms with E-state index in [1.807, 2.05) is 6.07 Å². The highest BCUT2D eigenvalue weighted by atomic mass is 32.2. The van der Waals surface area contributed by atoms with Crippen LogP contribution in [0.1, 0.15) is 11.5 Å². The molecule has 6 nitrogen and oxygen atoms in total. The van der Waals surface area contributed by atoms with Gasteiger partial charge in [0.25, 0.3) is 0 Å². The van der Waals surface area contributed by atoms with Crippen molar-refractivity contribution >= 4 is 133 Å². The van der Waals surface area contributed by atoms with Gasteiger partial charge in [-0.1, -0.05) is 90.7 Å². The lowest BCUT2D eigenvalue weighted by Gasteiger charge is -2.28. The van der Waals surface area contributed by atoms with E-state index in [9.17, 15) is 0 Å². The zero-order chi connectivity index (χ0) is 43.5. The van der Waals surface area contributed by atoms with Crippen LogP contribution < -0.4 is 4.90 Å². The molecule has 0 saturated carbocycles. The van der Waals surface area contributed by atoms with Crippen LogP contribution in [0.4, 0.5) is 11.4 Å². The van der Waals surface area contributed by atoms with E-state index < -0.39 is 0 Å². The number of aromatic nitrogens is 1. The Bertz CT molecular complexity index is 4480. The van der Waals surface area contributed by atoms with Crippen LogP contribution in [-0.4, -0.2) is 10.6 Å². The van der Waals surface area contributed by atoms with Gasteiger partial charge >= 0.3 is 0 Å². The van der Waals surface area contributed by atoms with Crippen LogP contribution in [-0.2, 0) is 0 Å². The summed E-state index contributed by atoms with van der Waals surface area (Å²) in [6, 6.07) is 60.9. The first kappa shape index (κ1) is 35.9. The van der Waals surface area contributed by atoms with Crippen LogP contribution in [0.2, 0.25) is 0 Å². The fourth-order valence-corrected chi connectivity index (χ4v) is 12.3. The minimum Gasteiger partial charge on any atom is -0.456 e. The highest BCUT2D eigenvalue weighted by Crippen LogP contribution is 2.49. The molecule has 14 aromatic rings. The average Bonchev–Trinajstić information content (AvgIpc) is 4.22. The summed E-state index contributed by atoms with van der Waals surface area (Å²) in [5.41, 5.74) is 13.9. The van der Waals surface area contributed by atoms with Crippen LogP contribution in [0.25, 0.3) is 115 Å². The van der Waals surface area contributed by atoms with Crippen molar-refractivity contribution in [1.29, 1.82) is 0 Å². The van der Waals surface area contributed by atoms with Crippen molar-refractivity contribution in [3.8, 4) is 5.69 Å². The second-order valence-corrected chi connectivity index (χ2v) is 19.1. The van der Waals surface area contributed by atoms with E-state index >= 15 is 0 Å². The van der Waals surface area contributed by atoms with Crippen molar-refractivity contribution in [2.24, 2.45) is 0 Å². The average molecular weight is 879 g/mol. The van der Waals surface area contributed by atoms with Crippen molar-refractivity contribution in [1.82, 2.24) is 4.57 Å². The number of fused-ring (bicyclic) bond motifs is 18. The fraction of sp³-hybridized carbons (Fsp3) is 0.0333. The Kier molecular flexibility index (Phi) is 7.03. The van der Waals surface area contributed by atoms with E-state index in [2.05, 4.69) is 198 Å². The highest BCUT2D eigenvalue weighted by Gasteiger charge is 2.37. The van der Waals surface area contributed by atoms with Crippen molar-refractivity contribution in [3.63, 3.8) is 0 Å². The van der Waals surface area contributed by atoms with Gasteiger partial charge in [-0.05, 0) is 109 Å². The van der Waals surface area contributed by atoms with Gasteiger partial charge in [-0.2, -0.15) is 0 Å². The van der Waals surface area contributed by atoms with Gasteiger partial charge < -0.3 is 27.1 Å². The molecule has 314 valence electrons. The van der Waals surface area contributed by atoms with Gasteiger partial charge in [-0.25, -0.2) is 0 Å². The monoisotopic (exact) mass is 878 g/mol. The summed E-state index contributed by atoms with van der Waals surface area (Å²) in [7, 11) is 0. The summed E-state index contributed by atoms with van der Waals surface area (Å²) in [5, 5.41) is 11.1. The second kappa shape index (κ2) is 13.1. The van der Waals surface area contributed by atoms with Crippen molar-refractivity contribution in [2.75, 3.05) is 4.90 Å². The Labute approximate surface area is 385 Å². The van der Waals surface area contributed by atoms with Crippen LogP contribution >= 0.6 is 11.8 Å². The molecule has 16 rings (SSSR count). The normalized spacial score (nSPS) is 16.0. The lowest BCUT2D eigenvalue weighted by Crippen LogP contribution is -2.28. The number of furan rings is 4. The van der Waals surface area contributed by atoms with Crippen LogP contribution in [0.3, 0.4) is 0 Å². The van der Waals surface area contributed by atoms with Crippen molar-refractivity contribution in [3.05, 3.63) is 200 Å². The summed E-state index contributed by atoms with van der Waals surface area (Å²) >= 11 is 1.74. The maximum Gasteiger partial charge on any atom is 0.139 e. The standard InChI is InChI=1S/C60H34N2O4S/c1-5-13-49-37(9-1)38-10-2-6-14-50(38)61(49)33-17-21-53-41(25-33)45-29-47-43-27-35(19-23-55(43)65-59(47)31-57(45)63-53)67-36-20-24-56-44(28-36)48-30-46-42-26-34(18-22-54(42)64-58(46)32-60(48)66-56)62-51-15-7-3-11-39(51)40-12-4-8-16-52(40)62/h1-32,37,49H. The Morgan fingerprint density at radius 1 is 0.358 bits per heavy atom. The quantitative estimate of drug-likeness (QED) is 0.176. The maximum atomic E-state index is 6.48. The zero-order valence-electron chi connectivity index (χ0n) is 35.6. The summed E-state index contributed by atoms with van der Waals surface area (Å²) in [5.74, 6) is 0.324. The molecule has 0 radical (unpaired) electrons. The van der Waals surface area contributed by atoms with Crippen LogP contribution in [0.15, 0.2) is 222 Å². The van der Waals surface area contributed by atoms with Crippen LogP contribution in [0, 0.1) is 0 Å². The van der Waals surface area contributed by atoms with Gasteiger partial charge in [0.05, 0.1) is 17.1 Å². The van der Waals surface area contributed by atoms with Gasteiger partial charge in [-0.15, -0.1) is 0 Å². The van der Waals surface area contributed by atoms with Crippen molar-refractivity contribution < 1.29 is 17.7 Å². The topological polar surface area (TPSA) is 60.7 Å². The van der Waals surface area contributed by atoms with Gasteiger partial charge in [0.15, 0.2) is 0 Å². The Morgan fingerprint density at radius 2 is 0.821 bits per heavy atom. The second-order valence-electron chi connectivity index (χ2n) is 18.0. The minimum absolute atomic E-state index is 0.228. The third kappa shape index (κ3) is 5.06. The lowest BCUT2D eigenvalue weighted by molar-refractivity contribution is 0.655. The van der Waals surface area contributed by atoms with E-state index in [-0.39, 0.29) is 6.04 Å². The number of allylic oxidation sites excluding steroid dienone is 2. The summed E-state index contributed by atoms with van der Waals surface area (Å²) in [6.07, 6.45) is 8.97. The van der Waals surface area contributed by atoms with E-state index in [0.29, 0.717) is 5.92 Å². The molecule has 9 aromatic carbocycles. The number of hydrogen-bond donors (Lipinski definition) is 0. The Hall–Kier alpha value is -8.39. The predicted molar refractivity (Wildman–Crippen MR) is 274 cm³/mol. The minimum atomic E-state index is 0.228. The highest BCUT2D eigenvalue weighted by molar-refractivity contribution is 7.99. The number of rotatable bonds is 4. The molecule has 1 aliphatic heterocycles. The Morgan fingerprint density at radius 3 is 1.42 bits per heavy atom. The molecule has 0 amide bonds. The first-order chi connectivity index (χ1) is 33.1. The van der Waals surface area contributed by atoms with E-state index in [1.165, 1.54) is 33.1 Å². The largest absolute Gasteiger partial charge is 0.456 e. The lowest BCUT2D eigenvalue weighted by atomic mass is 9.91. The number of anilines is 2. The smallest absolute Gasteiger partial charge is 0.139 e. The molecule has 2 atom stereocenters. The number of para-hydroxylation sites is 3. The SMILES string of the molecule is C1=CC2c3ccccc3N(c3ccc4oc5cc6oc7ccc(Sc8ccc9oc%10cc%11oc%12ccc(-n%13c%14ccccc%14c%14ccccc%14%13)cc%12c%11cc%10c9c8)cc7c6cc5c4c3)C2C=C1. The Balaban J connectivity index is 0.773. The molecular formula is C60H34N2O4S. The first-order valence-electron chi connectivity index (χ1n) is 22.7. The molecule has 0 fully saturated rings. The molecular weight excluding hydrogens is 845 g/mol. The fourth-order valence-electron chi connectivity index (χ4n) is 11.4. The molecule has 2 unspecified atom stereocenters. The maximum absolute atomic E-state index is 6.48.